The zero-order valence-electron chi connectivity index (χ0n) is 11.9. The Labute approximate surface area is 127 Å². The van der Waals surface area contributed by atoms with Crippen LogP contribution in [-0.4, -0.2) is 17.9 Å². The Morgan fingerprint density at radius 1 is 1.00 bits per heavy atom. The van der Waals surface area contributed by atoms with E-state index >= 15 is 0 Å². The zero-order chi connectivity index (χ0) is 15.9. The van der Waals surface area contributed by atoms with Crippen LogP contribution in [0.5, 0.6) is 5.75 Å². The van der Waals surface area contributed by atoms with Crippen LogP contribution in [0.25, 0.3) is 0 Å². The van der Waals surface area contributed by atoms with Crippen molar-refractivity contribution >= 4 is 11.8 Å². The molecule has 0 bridgehead atoms. The fourth-order valence-electron chi connectivity index (χ4n) is 1.67. The number of hydrogen-bond acceptors (Lipinski definition) is 3. The molecule has 0 saturated heterocycles. The van der Waals surface area contributed by atoms with E-state index in [9.17, 15) is 14.0 Å². The van der Waals surface area contributed by atoms with Crippen molar-refractivity contribution in [1.82, 2.24) is 10.9 Å². The van der Waals surface area contributed by atoms with Crippen LogP contribution in [0.15, 0.2) is 54.6 Å². The van der Waals surface area contributed by atoms with Crippen molar-refractivity contribution in [3.63, 3.8) is 0 Å². The highest BCUT2D eigenvalue weighted by molar-refractivity contribution is 5.95. The highest BCUT2D eigenvalue weighted by Gasteiger charge is 2.17. The van der Waals surface area contributed by atoms with E-state index in [1.54, 1.807) is 36.4 Å². The minimum absolute atomic E-state index is 0.0282. The van der Waals surface area contributed by atoms with Crippen LogP contribution in [0.3, 0.4) is 0 Å². The van der Waals surface area contributed by atoms with Gasteiger partial charge in [-0.3, -0.25) is 20.4 Å². The van der Waals surface area contributed by atoms with Gasteiger partial charge in [0.15, 0.2) is 17.7 Å². The maximum absolute atomic E-state index is 13.4. The van der Waals surface area contributed by atoms with Crippen molar-refractivity contribution in [2.75, 3.05) is 0 Å². The fraction of sp³-hybridized carbons (Fsp3) is 0.125. The first-order valence-corrected chi connectivity index (χ1v) is 6.64. The molecule has 0 heterocycles. The van der Waals surface area contributed by atoms with Gasteiger partial charge in [-0.15, -0.1) is 0 Å². The van der Waals surface area contributed by atoms with E-state index in [0.29, 0.717) is 5.56 Å². The summed E-state index contributed by atoms with van der Waals surface area (Å²) in [5.74, 6) is -1.63. The second-order valence-corrected chi connectivity index (χ2v) is 4.50. The lowest BCUT2D eigenvalue weighted by Crippen LogP contribution is -2.47. The molecule has 2 aromatic rings. The van der Waals surface area contributed by atoms with Gasteiger partial charge in [-0.25, -0.2) is 4.39 Å². The summed E-state index contributed by atoms with van der Waals surface area (Å²) in [6.07, 6.45) is -0.965. The molecule has 0 fully saturated rings. The van der Waals surface area contributed by atoms with Gasteiger partial charge < -0.3 is 4.74 Å². The molecule has 2 amide bonds. The van der Waals surface area contributed by atoms with Crippen molar-refractivity contribution in [3.8, 4) is 5.75 Å². The minimum Gasteiger partial charge on any atom is -0.478 e. The number of carbonyl (C=O) groups excluding carboxylic acids is 2. The Hall–Kier alpha value is -2.89. The fourth-order valence-corrected chi connectivity index (χ4v) is 1.67. The van der Waals surface area contributed by atoms with Crippen molar-refractivity contribution in [2.24, 2.45) is 0 Å². The summed E-state index contributed by atoms with van der Waals surface area (Å²) < 4.78 is 18.6. The Balaban J connectivity index is 1.87. The quantitative estimate of drug-likeness (QED) is 0.850. The summed E-state index contributed by atoms with van der Waals surface area (Å²) >= 11 is 0. The Kier molecular flexibility index (Phi) is 5.08. The molecule has 1 unspecified atom stereocenters. The molecule has 22 heavy (non-hydrogen) atoms. The topological polar surface area (TPSA) is 67.4 Å². The molecule has 2 rings (SSSR count). The average molecular weight is 302 g/mol. The van der Waals surface area contributed by atoms with Gasteiger partial charge in [0.1, 0.15) is 0 Å². The third-order valence-corrected chi connectivity index (χ3v) is 2.84. The number of ether oxygens (including phenoxy) is 1. The van der Waals surface area contributed by atoms with Crippen LogP contribution < -0.4 is 15.6 Å². The lowest BCUT2D eigenvalue weighted by Gasteiger charge is -2.15. The van der Waals surface area contributed by atoms with Crippen molar-refractivity contribution in [3.05, 3.63) is 66.0 Å². The maximum atomic E-state index is 13.4. The van der Waals surface area contributed by atoms with E-state index < -0.39 is 23.7 Å². The number of halogens is 1. The van der Waals surface area contributed by atoms with Crippen LogP contribution >= 0.6 is 0 Å². The molecule has 2 aromatic carbocycles. The predicted octanol–water partition coefficient (Wildman–Crippen LogP) is 2.05. The number of rotatable bonds is 4. The van der Waals surface area contributed by atoms with Crippen LogP contribution in [0.2, 0.25) is 0 Å². The zero-order valence-corrected chi connectivity index (χ0v) is 11.9. The Morgan fingerprint density at radius 3 is 2.32 bits per heavy atom. The van der Waals surface area contributed by atoms with Crippen LogP contribution in [0.4, 0.5) is 4.39 Å². The van der Waals surface area contributed by atoms with Gasteiger partial charge in [0.05, 0.1) is 0 Å². The first-order valence-electron chi connectivity index (χ1n) is 6.64. The first-order chi connectivity index (χ1) is 10.6. The van der Waals surface area contributed by atoms with Gasteiger partial charge in [0.2, 0.25) is 0 Å². The number of amides is 2. The van der Waals surface area contributed by atoms with Crippen LogP contribution in [0.1, 0.15) is 17.3 Å². The molecule has 0 aliphatic rings. The summed E-state index contributed by atoms with van der Waals surface area (Å²) in [6.45, 7) is 1.45. The summed E-state index contributed by atoms with van der Waals surface area (Å²) in [4.78, 5) is 23.6. The second kappa shape index (κ2) is 7.21. The number of hydrogen-bond donors (Lipinski definition) is 2. The van der Waals surface area contributed by atoms with Crippen LogP contribution in [0, 0.1) is 5.82 Å². The summed E-state index contributed by atoms with van der Waals surface area (Å²) in [5.41, 5.74) is 4.91. The lowest BCUT2D eigenvalue weighted by molar-refractivity contribution is -0.128. The van der Waals surface area contributed by atoms with Gasteiger partial charge in [0, 0.05) is 5.56 Å². The molecule has 0 aliphatic heterocycles. The normalized spacial score (nSPS) is 11.4. The SMILES string of the molecule is CC(Oc1ccccc1F)C(=O)NNC(=O)c1ccccc1. The van der Waals surface area contributed by atoms with E-state index in [4.69, 9.17) is 4.74 Å². The van der Waals surface area contributed by atoms with Crippen molar-refractivity contribution in [1.29, 1.82) is 0 Å². The molecule has 5 nitrogen and oxygen atoms in total. The molecular weight excluding hydrogens is 287 g/mol. The summed E-state index contributed by atoms with van der Waals surface area (Å²) in [7, 11) is 0. The van der Waals surface area contributed by atoms with Gasteiger partial charge in [0.25, 0.3) is 11.8 Å². The molecular formula is C16H15FN2O3. The van der Waals surface area contributed by atoms with Gasteiger partial charge in [-0.2, -0.15) is 0 Å². The number of benzene rings is 2. The predicted molar refractivity (Wildman–Crippen MR) is 78.5 cm³/mol. The van der Waals surface area contributed by atoms with E-state index in [-0.39, 0.29) is 5.75 Å². The molecule has 114 valence electrons. The maximum Gasteiger partial charge on any atom is 0.279 e. The van der Waals surface area contributed by atoms with Gasteiger partial charge in [-0.1, -0.05) is 30.3 Å². The van der Waals surface area contributed by atoms with Crippen molar-refractivity contribution < 1.29 is 18.7 Å². The highest BCUT2D eigenvalue weighted by Crippen LogP contribution is 2.16. The van der Waals surface area contributed by atoms with Crippen molar-refractivity contribution in [2.45, 2.75) is 13.0 Å². The first kappa shape index (κ1) is 15.5. The molecule has 0 saturated carbocycles. The number of hydrazine groups is 1. The van der Waals surface area contributed by atoms with E-state index in [0.717, 1.165) is 0 Å². The Bertz CT molecular complexity index is 661. The molecule has 6 heteroatoms. The molecule has 0 aromatic heterocycles. The standard InChI is InChI=1S/C16H15FN2O3/c1-11(22-14-10-6-5-9-13(14)17)15(20)18-19-16(21)12-7-3-2-4-8-12/h2-11H,1H3,(H,18,20)(H,19,21). The number of para-hydroxylation sites is 1. The summed E-state index contributed by atoms with van der Waals surface area (Å²) in [6, 6.07) is 14.2. The summed E-state index contributed by atoms with van der Waals surface area (Å²) in [5, 5.41) is 0. The third-order valence-electron chi connectivity index (χ3n) is 2.84. The second-order valence-electron chi connectivity index (χ2n) is 4.50. The molecule has 2 N–H and O–H groups in total. The Morgan fingerprint density at radius 2 is 1.64 bits per heavy atom. The van der Waals surface area contributed by atoms with E-state index in [2.05, 4.69) is 10.9 Å². The molecule has 0 spiro atoms. The third kappa shape index (κ3) is 4.05. The highest BCUT2D eigenvalue weighted by atomic mass is 19.1. The van der Waals surface area contributed by atoms with Gasteiger partial charge in [-0.05, 0) is 31.2 Å². The lowest BCUT2D eigenvalue weighted by atomic mass is 10.2. The number of carbonyl (C=O) groups is 2. The average Bonchev–Trinajstić information content (AvgIpc) is 2.55. The molecule has 0 aliphatic carbocycles. The molecule has 1 atom stereocenters. The monoisotopic (exact) mass is 302 g/mol. The largest absolute Gasteiger partial charge is 0.478 e. The van der Waals surface area contributed by atoms with E-state index in [1.165, 1.54) is 25.1 Å². The van der Waals surface area contributed by atoms with Crippen LogP contribution in [-0.2, 0) is 4.79 Å². The minimum atomic E-state index is -0.965. The van der Waals surface area contributed by atoms with E-state index in [1.807, 2.05) is 0 Å². The number of nitrogens with one attached hydrogen (secondary N) is 2. The van der Waals surface area contributed by atoms with Gasteiger partial charge >= 0.3 is 0 Å². The molecule has 0 radical (unpaired) electrons. The smallest absolute Gasteiger partial charge is 0.279 e.